The molecule has 0 fully saturated rings. The van der Waals surface area contributed by atoms with Crippen LogP contribution in [0.3, 0.4) is 0 Å². The Balaban J connectivity index is 2.31. The van der Waals surface area contributed by atoms with Crippen molar-refractivity contribution in [1.29, 1.82) is 5.41 Å². The van der Waals surface area contributed by atoms with Gasteiger partial charge in [-0.2, -0.15) is 0 Å². The molecule has 2 rings (SSSR count). The summed E-state index contributed by atoms with van der Waals surface area (Å²) in [7, 11) is 0. The van der Waals surface area contributed by atoms with Crippen LogP contribution in [0.1, 0.15) is 11.1 Å². The molecule has 2 aromatic carbocycles. The first-order valence-electron chi connectivity index (χ1n) is 5.55. The molecule has 0 heterocycles. The first kappa shape index (κ1) is 13.7. The number of ether oxygens (including phenoxy) is 1. The zero-order valence-corrected chi connectivity index (χ0v) is 11.7. The minimum absolute atomic E-state index is 0.0323. The van der Waals surface area contributed by atoms with Gasteiger partial charge in [-0.1, -0.05) is 23.2 Å². The summed E-state index contributed by atoms with van der Waals surface area (Å²) in [6.07, 6.45) is 0. The minimum Gasteiger partial charge on any atom is -0.456 e. The van der Waals surface area contributed by atoms with Gasteiger partial charge in [-0.15, -0.1) is 0 Å². The van der Waals surface area contributed by atoms with E-state index in [4.69, 9.17) is 39.1 Å². The Bertz CT molecular complexity index is 641. The summed E-state index contributed by atoms with van der Waals surface area (Å²) in [6.45, 7) is 1.86. The van der Waals surface area contributed by atoms with Gasteiger partial charge in [0.05, 0.1) is 5.02 Å². The second kappa shape index (κ2) is 5.51. The van der Waals surface area contributed by atoms with Crippen molar-refractivity contribution in [1.82, 2.24) is 0 Å². The van der Waals surface area contributed by atoms with Crippen molar-refractivity contribution in [3.63, 3.8) is 0 Å². The van der Waals surface area contributed by atoms with Crippen molar-refractivity contribution in [2.24, 2.45) is 5.73 Å². The highest BCUT2D eigenvalue weighted by molar-refractivity contribution is 6.34. The van der Waals surface area contributed by atoms with Crippen molar-refractivity contribution in [2.75, 3.05) is 0 Å². The fourth-order valence-electron chi connectivity index (χ4n) is 1.68. The van der Waals surface area contributed by atoms with Crippen LogP contribution in [-0.4, -0.2) is 5.84 Å². The molecule has 5 heteroatoms. The van der Waals surface area contributed by atoms with E-state index in [-0.39, 0.29) is 5.84 Å². The molecule has 19 heavy (non-hydrogen) atoms. The van der Waals surface area contributed by atoms with Gasteiger partial charge < -0.3 is 10.5 Å². The SMILES string of the molecule is Cc1cc(Oc2cc(Cl)ccc2Cl)ccc1C(=N)N. The maximum Gasteiger partial charge on any atom is 0.147 e. The van der Waals surface area contributed by atoms with Gasteiger partial charge in [0.1, 0.15) is 17.3 Å². The van der Waals surface area contributed by atoms with Gasteiger partial charge >= 0.3 is 0 Å². The predicted molar refractivity (Wildman–Crippen MR) is 78.7 cm³/mol. The summed E-state index contributed by atoms with van der Waals surface area (Å²) in [5, 5.41) is 8.46. The number of aryl methyl sites for hydroxylation is 1. The topological polar surface area (TPSA) is 59.1 Å². The lowest BCUT2D eigenvalue weighted by atomic mass is 10.1. The number of nitrogen functional groups attached to an aromatic ring is 1. The van der Waals surface area contributed by atoms with Crippen LogP contribution in [0.5, 0.6) is 11.5 Å². The minimum atomic E-state index is 0.0323. The van der Waals surface area contributed by atoms with E-state index < -0.39 is 0 Å². The molecule has 0 bridgehead atoms. The molecule has 0 aromatic heterocycles. The van der Waals surface area contributed by atoms with Crippen molar-refractivity contribution in [3.05, 3.63) is 57.6 Å². The summed E-state index contributed by atoms with van der Waals surface area (Å²) in [5.41, 5.74) is 7.01. The molecule has 0 atom stereocenters. The van der Waals surface area contributed by atoms with Crippen LogP contribution in [0.4, 0.5) is 0 Å². The number of halogens is 2. The van der Waals surface area contributed by atoms with Crippen LogP contribution < -0.4 is 10.5 Å². The monoisotopic (exact) mass is 294 g/mol. The normalized spacial score (nSPS) is 10.3. The van der Waals surface area contributed by atoms with Crippen LogP contribution >= 0.6 is 23.2 Å². The average molecular weight is 295 g/mol. The molecular weight excluding hydrogens is 283 g/mol. The molecule has 0 saturated heterocycles. The van der Waals surface area contributed by atoms with E-state index in [9.17, 15) is 0 Å². The average Bonchev–Trinajstić information content (AvgIpc) is 2.33. The van der Waals surface area contributed by atoms with Crippen molar-refractivity contribution < 1.29 is 4.74 Å². The Morgan fingerprint density at radius 1 is 1.16 bits per heavy atom. The molecular formula is C14H12Cl2N2O. The number of nitrogens with two attached hydrogens (primary N) is 1. The molecule has 3 nitrogen and oxygen atoms in total. The Hall–Kier alpha value is -1.71. The largest absolute Gasteiger partial charge is 0.456 e. The lowest BCUT2D eigenvalue weighted by Gasteiger charge is -2.10. The van der Waals surface area contributed by atoms with Crippen LogP contribution in [0.2, 0.25) is 10.0 Å². The number of hydrogen-bond donors (Lipinski definition) is 2. The number of hydrogen-bond acceptors (Lipinski definition) is 2. The molecule has 0 saturated carbocycles. The molecule has 3 N–H and O–H groups in total. The first-order valence-corrected chi connectivity index (χ1v) is 6.31. The molecule has 0 radical (unpaired) electrons. The smallest absolute Gasteiger partial charge is 0.147 e. The third-order valence-electron chi connectivity index (χ3n) is 2.61. The summed E-state index contributed by atoms with van der Waals surface area (Å²) in [4.78, 5) is 0. The predicted octanol–water partition coefficient (Wildman–Crippen LogP) is 4.38. The van der Waals surface area contributed by atoms with E-state index in [1.165, 1.54) is 0 Å². The second-order valence-electron chi connectivity index (χ2n) is 4.07. The van der Waals surface area contributed by atoms with E-state index in [0.717, 1.165) is 5.56 Å². The van der Waals surface area contributed by atoms with E-state index in [0.29, 0.717) is 27.1 Å². The molecule has 0 aliphatic carbocycles. The summed E-state index contributed by atoms with van der Waals surface area (Å²) < 4.78 is 5.68. The number of rotatable bonds is 3. The Morgan fingerprint density at radius 3 is 2.53 bits per heavy atom. The maximum absolute atomic E-state index is 7.43. The zero-order valence-electron chi connectivity index (χ0n) is 10.2. The lowest BCUT2D eigenvalue weighted by molar-refractivity contribution is 0.482. The van der Waals surface area contributed by atoms with Crippen LogP contribution in [-0.2, 0) is 0 Å². The Kier molecular flexibility index (Phi) is 3.98. The highest BCUT2D eigenvalue weighted by atomic mass is 35.5. The van der Waals surface area contributed by atoms with Gasteiger partial charge in [0.15, 0.2) is 0 Å². The fourth-order valence-corrected chi connectivity index (χ4v) is 2.00. The van der Waals surface area contributed by atoms with Gasteiger partial charge in [0.2, 0.25) is 0 Å². The van der Waals surface area contributed by atoms with Crippen molar-refractivity contribution in [3.8, 4) is 11.5 Å². The molecule has 2 aromatic rings. The van der Waals surface area contributed by atoms with Crippen molar-refractivity contribution in [2.45, 2.75) is 6.92 Å². The van der Waals surface area contributed by atoms with Crippen LogP contribution in [0.15, 0.2) is 36.4 Å². The quantitative estimate of drug-likeness (QED) is 0.652. The highest BCUT2D eigenvalue weighted by Crippen LogP contribution is 2.32. The van der Waals surface area contributed by atoms with E-state index in [1.807, 2.05) is 6.92 Å². The Morgan fingerprint density at radius 2 is 1.89 bits per heavy atom. The third-order valence-corrected chi connectivity index (χ3v) is 3.16. The number of amidine groups is 1. The fraction of sp³-hybridized carbons (Fsp3) is 0.0714. The molecule has 0 spiro atoms. The molecule has 0 unspecified atom stereocenters. The van der Waals surface area contributed by atoms with E-state index in [2.05, 4.69) is 0 Å². The molecule has 98 valence electrons. The van der Waals surface area contributed by atoms with Crippen molar-refractivity contribution >= 4 is 29.0 Å². The number of nitrogens with one attached hydrogen (secondary N) is 1. The Labute approximate surface area is 121 Å². The first-order chi connectivity index (χ1) is 8.97. The zero-order chi connectivity index (χ0) is 14.0. The van der Waals surface area contributed by atoms with E-state index >= 15 is 0 Å². The van der Waals surface area contributed by atoms with Gasteiger partial charge in [-0.05, 0) is 42.8 Å². The number of benzene rings is 2. The van der Waals surface area contributed by atoms with Gasteiger partial charge in [0.25, 0.3) is 0 Å². The van der Waals surface area contributed by atoms with E-state index in [1.54, 1.807) is 36.4 Å². The molecule has 0 amide bonds. The van der Waals surface area contributed by atoms with Crippen LogP contribution in [0, 0.1) is 12.3 Å². The third kappa shape index (κ3) is 3.19. The standard InChI is InChI=1S/C14H12Cl2N2O/c1-8-6-10(3-4-11(8)14(17)18)19-13-7-9(15)2-5-12(13)16/h2-7H,1H3,(H3,17,18). The summed E-state index contributed by atoms with van der Waals surface area (Å²) in [6, 6.07) is 10.3. The highest BCUT2D eigenvalue weighted by Gasteiger charge is 2.07. The van der Waals surface area contributed by atoms with Gasteiger partial charge in [-0.3, -0.25) is 5.41 Å². The summed E-state index contributed by atoms with van der Waals surface area (Å²) in [5.74, 6) is 1.14. The van der Waals surface area contributed by atoms with Gasteiger partial charge in [-0.25, -0.2) is 0 Å². The second-order valence-corrected chi connectivity index (χ2v) is 4.91. The van der Waals surface area contributed by atoms with Crippen LogP contribution in [0.25, 0.3) is 0 Å². The maximum atomic E-state index is 7.43. The van der Waals surface area contributed by atoms with Gasteiger partial charge in [0, 0.05) is 16.7 Å². The molecule has 0 aliphatic heterocycles. The summed E-state index contributed by atoms with van der Waals surface area (Å²) >= 11 is 11.9. The lowest BCUT2D eigenvalue weighted by Crippen LogP contribution is -2.12. The molecule has 0 aliphatic rings.